The van der Waals surface area contributed by atoms with E-state index in [4.69, 9.17) is 0 Å². The fraction of sp³-hybridized carbons (Fsp3) is 0.500. The molecule has 0 bridgehead atoms. The van der Waals surface area contributed by atoms with Crippen molar-refractivity contribution in [3.63, 3.8) is 0 Å². The minimum absolute atomic E-state index is 0.126. The highest BCUT2D eigenvalue weighted by molar-refractivity contribution is 5.81. The van der Waals surface area contributed by atoms with Gasteiger partial charge in [0.2, 0.25) is 0 Å². The third-order valence-electron chi connectivity index (χ3n) is 2.11. The Balaban J connectivity index is 2.72. The van der Waals surface area contributed by atoms with Gasteiger partial charge >= 0.3 is 0 Å². The predicted octanol–water partition coefficient (Wildman–Crippen LogP) is 0.505. The number of likely N-dealkylation sites (N-methyl/N-ethyl adjacent to an activating group) is 1. The molecule has 14 heavy (non-hydrogen) atoms. The Labute approximate surface area is 83.7 Å². The molecule has 1 aromatic rings. The molecule has 1 aromatic heterocycles. The molecule has 1 heterocycles. The van der Waals surface area contributed by atoms with E-state index < -0.39 is 0 Å². The topological polar surface area (TPSA) is 54.9 Å². The summed E-state index contributed by atoms with van der Waals surface area (Å²) < 4.78 is 0. The number of hydrogen-bond donors (Lipinski definition) is 1. The van der Waals surface area contributed by atoms with E-state index in [1.807, 2.05) is 13.0 Å². The van der Waals surface area contributed by atoms with E-state index >= 15 is 0 Å². The first-order valence-electron chi connectivity index (χ1n) is 4.59. The van der Waals surface area contributed by atoms with Gasteiger partial charge in [0.1, 0.15) is 5.78 Å². The van der Waals surface area contributed by atoms with Gasteiger partial charge in [0.05, 0.1) is 17.9 Å². The lowest BCUT2D eigenvalue weighted by Gasteiger charge is -2.11. The monoisotopic (exact) mass is 193 g/mol. The molecule has 0 fully saturated rings. The van der Waals surface area contributed by atoms with Gasteiger partial charge in [-0.3, -0.25) is 4.79 Å². The molecule has 1 N–H and O–H groups in total. The van der Waals surface area contributed by atoms with Crippen LogP contribution in [0.4, 0.5) is 0 Å². The zero-order valence-electron chi connectivity index (χ0n) is 8.74. The molecule has 0 saturated carbocycles. The van der Waals surface area contributed by atoms with E-state index in [2.05, 4.69) is 15.5 Å². The smallest absolute Gasteiger partial charge is 0.147 e. The first-order chi connectivity index (χ1) is 6.63. The van der Waals surface area contributed by atoms with Crippen LogP contribution in [0.3, 0.4) is 0 Å². The minimum atomic E-state index is -0.126. The van der Waals surface area contributed by atoms with Crippen LogP contribution in [0.15, 0.2) is 12.3 Å². The third kappa shape index (κ3) is 2.88. The zero-order chi connectivity index (χ0) is 10.6. The summed E-state index contributed by atoms with van der Waals surface area (Å²) in [6, 6.07) is 1.82. The maximum atomic E-state index is 11.2. The van der Waals surface area contributed by atoms with Gasteiger partial charge in [-0.15, -0.1) is 0 Å². The largest absolute Gasteiger partial charge is 0.310 e. The van der Waals surface area contributed by atoms with E-state index in [9.17, 15) is 4.79 Å². The number of Topliss-reactive ketones (excluding diaryl/α,β-unsaturated/α-hetero) is 1. The Morgan fingerprint density at radius 1 is 1.64 bits per heavy atom. The fourth-order valence-electron chi connectivity index (χ4n) is 1.32. The molecule has 0 aromatic carbocycles. The highest BCUT2D eigenvalue weighted by Crippen LogP contribution is 2.03. The van der Waals surface area contributed by atoms with Crippen LogP contribution >= 0.6 is 0 Å². The lowest BCUT2D eigenvalue weighted by Crippen LogP contribution is -2.34. The van der Waals surface area contributed by atoms with Crippen LogP contribution in [0, 0.1) is 6.92 Å². The number of aryl methyl sites for hydroxylation is 1. The molecule has 4 heteroatoms. The first kappa shape index (κ1) is 10.8. The van der Waals surface area contributed by atoms with Crippen molar-refractivity contribution in [2.75, 3.05) is 7.05 Å². The quantitative estimate of drug-likeness (QED) is 0.756. The van der Waals surface area contributed by atoms with E-state index in [-0.39, 0.29) is 11.8 Å². The second-order valence-corrected chi connectivity index (χ2v) is 3.36. The third-order valence-corrected chi connectivity index (χ3v) is 2.11. The summed E-state index contributed by atoms with van der Waals surface area (Å²) in [5, 5.41) is 10.7. The molecule has 76 valence electrons. The lowest BCUT2D eigenvalue weighted by atomic mass is 10.1. The molecule has 1 rings (SSSR count). The van der Waals surface area contributed by atoms with Crippen molar-refractivity contribution in [2.45, 2.75) is 26.3 Å². The predicted molar refractivity (Wildman–Crippen MR) is 54.0 cm³/mol. The van der Waals surface area contributed by atoms with Crippen LogP contribution in [0.5, 0.6) is 0 Å². The van der Waals surface area contributed by atoms with Crippen molar-refractivity contribution in [2.24, 2.45) is 0 Å². The van der Waals surface area contributed by atoms with Crippen molar-refractivity contribution < 1.29 is 4.79 Å². The summed E-state index contributed by atoms with van der Waals surface area (Å²) in [6.07, 6.45) is 2.36. The number of carbonyl (C=O) groups excluding carboxylic acids is 1. The van der Waals surface area contributed by atoms with Crippen molar-refractivity contribution in [1.29, 1.82) is 0 Å². The number of nitrogens with one attached hydrogen (secondary N) is 1. The Morgan fingerprint density at radius 3 is 2.86 bits per heavy atom. The molecule has 0 aliphatic rings. The molecule has 1 atom stereocenters. The second-order valence-electron chi connectivity index (χ2n) is 3.36. The van der Waals surface area contributed by atoms with Gasteiger partial charge in [0.15, 0.2) is 0 Å². The van der Waals surface area contributed by atoms with Crippen LogP contribution in [0.1, 0.15) is 18.2 Å². The van der Waals surface area contributed by atoms with Gasteiger partial charge < -0.3 is 5.32 Å². The zero-order valence-corrected chi connectivity index (χ0v) is 8.74. The number of aromatic nitrogens is 2. The highest BCUT2D eigenvalue weighted by atomic mass is 16.1. The van der Waals surface area contributed by atoms with Crippen LogP contribution in [-0.4, -0.2) is 29.1 Å². The summed E-state index contributed by atoms with van der Waals surface area (Å²) in [7, 11) is 1.79. The second kappa shape index (κ2) is 4.81. The number of nitrogens with zero attached hydrogens (tertiary/aromatic N) is 2. The molecular weight excluding hydrogens is 178 g/mol. The molecule has 0 radical (unpaired) electrons. The Kier molecular flexibility index (Phi) is 3.71. The van der Waals surface area contributed by atoms with E-state index in [1.54, 1.807) is 20.2 Å². The van der Waals surface area contributed by atoms with Crippen LogP contribution in [0.2, 0.25) is 0 Å². The standard InChI is InChI=1S/C10H15N3O/c1-7-4-9(6-12-13-7)5-10(11-3)8(2)14/h4,6,10-11H,5H2,1-3H3/t10-/m0/s1. The number of rotatable bonds is 4. The van der Waals surface area contributed by atoms with Crippen LogP contribution < -0.4 is 5.32 Å². The first-order valence-corrected chi connectivity index (χ1v) is 4.59. The van der Waals surface area contributed by atoms with Gasteiger partial charge in [-0.05, 0) is 38.9 Å². The summed E-state index contributed by atoms with van der Waals surface area (Å²) in [5.74, 6) is 0.141. The molecule has 0 aliphatic heterocycles. The van der Waals surface area contributed by atoms with E-state index in [0.29, 0.717) is 6.42 Å². The number of carbonyl (C=O) groups is 1. The molecular formula is C10H15N3O. The van der Waals surface area contributed by atoms with Crippen molar-refractivity contribution in [1.82, 2.24) is 15.5 Å². The number of ketones is 1. The van der Waals surface area contributed by atoms with E-state index in [1.165, 1.54) is 0 Å². The fourth-order valence-corrected chi connectivity index (χ4v) is 1.32. The summed E-state index contributed by atoms with van der Waals surface area (Å²) in [6.45, 7) is 3.47. The molecule has 0 saturated heterocycles. The highest BCUT2D eigenvalue weighted by Gasteiger charge is 2.12. The van der Waals surface area contributed by atoms with E-state index in [0.717, 1.165) is 11.3 Å². The van der Waals surface area contributed by atoms with Gasteiger partial charge in [0.25, 0.3) is 0 Å². The molecule has 0 amide bonds. The van der Waals surface area contributed by atoms with Crippen LogP contribution in [-0.2, 0) is 11.2 Å². The maximum absolute atomic E-state index is 11.2. The molecule has 4 nitrogen and oxygen atoms in total. The van der Waals surface area contributed by atoms with Crippen molar-refractivity contribution in [3.8, 4) is 0 Å². The number of hydrogen-bond acceptors (Lipinski definition) is 4. The Hall–Kier alpha value is -1.29. The summed E-state index contributed by atoms with van der Waals surface area (Å²) >= 11 is 0. The minimum Gasteiger partial charge on any atom is -0.310 e. The maximum Gasteiger partial charge on any atom is 0.147 e. The Morgan fingerprint density at radius 2 is 2.36 bits per heavy atom. The normalized spacial score (nSPS) is 12.5. The molecule has 0 spiro atoms. The molecule has 0 aliphatic carbocycles. The van der Waals surface area contributed by atoms with Gasteiger partial charge in [-0.1, -0.05) is 0 Å². The van der Waals surface area contributed by atoms with Crippen molar-refractivity contribution >= 4 is 5.78 Å². The van der Waals surface area contributed by atoms with Gasteiger partial charge in [0, 0.05) is 0 Å². The van der Waals surface area contributed by atoms with Gasteiger partial charge in [-0.25, -0.2) is 0 Å². The summed E-state index contributed by atoms with van der Waals surface area (Å²) in [4.78, 5) is 11.2. The van der Waals surface area contributed by atoms with Crippen molar-refractivity contribution in [3.05, 3.63) is 23.5 Å². The lowest BCUT2D eigenvalue weighted by molar-refractivity contribution is -0.118. The molecule has 0 unspecified atom stereocenters. The average Bonchev–Trinajstić information content (AvgIpc) is 2.14. The average molecular weight is 193 g/mol. The van der Waals surface area contributed by atoms with Crippen LogP contribution in [0.25, 0.3) is 0 Å². The summed E-state index contributed by atoms with van der Waals surface area (Å²) in [5.41, 5.74) is 1.91. The van der Waals surface area contributed by atoms with Gasteiger partial charge in [-0.2, -0.15) is 10.2 Å². The SMILES string of the molecule is CN[C@@H](Cc1cnnc(C)c1)C(C)=O. The Bertz CT molecular complexity index is 325.